The number of hydrogen-bond donors (Lipinski definition) is 0. The number of likely N-dealkylation sites (tertiary alicyclic amines) is 1. The van der Waals surface area contributed by atoms with E-state index in [-0.39, 0.29) is 0 Å². The first-order valence-corrected chi connectivity index (χ1v) is 5.01. The van der Waals surface area contributed by atoms with Crippen molar-refractivity contribution in [1.29, 1.82) is 0 Å². The third kappa shape index (κ3) is 3.24. The van der Waals surface area contributed by atoms with Crippen LogP contribution in [0.2, 0.25) is 0 Å². The molecule has 1 fully saturated rings. The molecule has 0 amide bonds. The summed E-state index contributed by atoms with van der Waals surface area (Å²) in [5.41, 5.74) is 0. The number of piperidine rings is 1. The first kappa shape index (κ1) is 9.05. The largest absolute Gasteiger partial charge is 0.306 e. The highest BCUT2D eigenvalue weighted by molar-refractivity contribution is 4.69. The lowest BCUT2D eigenvalue weighted by Gasteiger charge is -2.28. The highest BCUT2D eigenvalue weighted by Crippen LogP contribution is 2.21. The Morgan fingerprint density at radius 3 is 2.45 bits per heavy atom. The van der Waals surface area contributed by atoms with E-state index in [4.69, 9.17) is 0 Å². The summed E-state index contributed by atoms with van der Waals surface area (Å²) in [6.45, 7) is 4.94. The number of unbranched alkanes of at least 4 members (excludes halogenated alkanes) is 1. The molecule has 0 atom stereocenters. The fraction of sp³-hybridized carbons (Fsp3) is 1.00. The van der Waals surface area contributed by atoms with Gasteiger partial charge in [0.05, 0.1) is 0 Å². The molecule has 66 valence electrons. The molecule has 1 aliphatic heterocycles. The summed E-state index contributed by atoms with van der Waals surface area (Å²) in [4.78, 5) is 2.45. The van der Waals surface area contributed by atoms with Crippen LogP contribution >= 0.6 is 0 Å². The van der Waals surface area contributed by atoms with Crippen LogP contribution in [0.4, 0.5) is 0 Å². The van der Waals surface area contributed by atoms with Gasteiger partial charge in [0, 0.05) is 0 Å². The van der Waals surface area contributed by atoms with Gasteiger partial charge in [-0.3, -0.25) is 0 Å². The van der Waals surface area contributed by atoms with Gasteiger partial charge in [-0.15, -0.1) is 0 Å². The second-order valence-corrected chi connectivity index (χ2v) is 3.89. The molecule has 0 aromatic heterocycles. The van der Waals surface area contributed by atoms with Gasteiger partial charge in [-0.05, 0) is 38.9 Å². The zero-order valence-electron chi connectivity index (χ0n) is 7.97. The Bertz CT molecular complexity index is 90.3. The molecular weight excluding hydrogens is 134 g/mol. The summed E-state index contributed by atoms with van der Waals surface area (Å²) in [7, 11) is 2.23. The highest BCUT2D eigenvalue weighted by atomic mass is 15.1. The second kappa shape index (κ2) is 4.76. The Kier molecular flexibility index (Phi) is 3.92. The highest BCUT2D eigenvalue weighted by Gasteiger charge is 2.15. The van der Waals surface area contributed by atoms with Crippen molar-refractivity contribution in [3.8, 4) is 0 Å². The minimum absolute atomic E-state index is 1.05. The normalized spacial score (nSPS) is 22.4. The SMILES string of the molecule is CCCCC1CCN(C)CC1. The maximum atomic E-state index is 2.45. The van der Waals surface area contributed by atoms with Gasteiger partial charge in [0.2, 0.25) is 0 Å². The average Bonchev–Trinajstić information content (AvgIpc) is 2.04. The first-order valence-electron chi connectivity index (χ1n) is 5.01. The van der Waals surface area contributed by atoms with Crippen LogP contribution < -0.4 is 0 Å². The van der Waals surface area contributed by atoms with E-state index >= 15 is 0 Å². The monoisotopic (exact) mass is 155 g/mol. The summed E-state index contributed by atoms with van der Waals surface area (Å²) in [5.74, 6) is 1.05. The molecule has 0 spiro atoms. The summed E-state index contributed by atoms with van der Waals surface area (Å²) in [6.07, 6.45) is 7.16. The molecule has 1 aliphatic rings. The van der Waals surface area contributed by atoms with Crippen LogP contribution in [0.5, 0.6) is 0 Å². The van der Waals surface area contributed by atoms with E-state index in [9.17, 15) is 0 Å². The standard InChI is InChI=1S/C10H21N/c1-3-4-5-10-6-8-11(2)9-7-10/h10H,3-9H2,1-2H3. The molecule has 0 N–H and O–H groups in total. The van der Waals surface area contributed by atoms with Crippen LogP contribution in [0.1, 0.15) is 39.0 Å². The van der Waals surface area contributed by atoms with Gasteiger partial charge in [0.1, 0.15) is 0 Å². The van der Waals surface area contributed by atoms with Crippen molar-refractivity contribution in [2.45, 2.75) is 39.0 Å². The van der Waals surface area contributed by atoms with Gasteiger partial charge in [0.15, 0.2) is 0 Å². The van der Waals surface area contributed by atoms with Crippen molar-refractivity contribution in [2.24, 2.45) is 5.92 Å². The van der Waals surface area contributed by atoms with Gasteiger partial charge < -0.3 is 4.90 Å². The minimum atomic E-state index is 1.05. The van der Waals surface area contributed by atoms with Crippen molar-refractivity contribution in [1.82, 2.24) is 4.90 Å². The van der Waals surface area contributed by atoms with E-state index in [1.165, 1.54) is 45.2 Å². The van der Waals surface area contributed by atoms with Crippen molar-refractivity contribution >= 4 is 0 Å². The summed E-state index contributed by atoms with van der Waals surface area (Å²) in [6, 6.07) is 0. The molecule has 0 saturated carbocycles. The summed E-state index contributed by atoms with van der Waals surface area (Å²) >= 11 is 0. The molecule has 0 aromatic rings. The lowest BCUT2D eigenvalue weighted by molar-refractivity contribution is 0.210. The summed E-state index contributed by atoms with van der Waals surface area (Å²) < 4.78 is 0. The van der Waals surface area contributed by atoms with Crippen LogP contribution in [-0.2, 0) is 0 Å². The predicted octanol–water partition coefficient (Wildman–Crippen LogP) is 2.52. The fourth-order valence-electron chi connectivity index (χ4n) is 1.84. The lowest BCUT2D eigenvalue weighted by atomic mass is 9.92. The molecule has 1 saturated heterocycles. The molecule has 0 aliphatic carbocycles. The Labute approximate surface area is 70.8 Å². The van der Waals surface area contributed by atoms with E-state index in [1.54, 1.807) is 0 Å². The maximum Gasteiger partial charge on any atom is -0.00191 e. The topological polar surface area (TPSA) is 3.24 Å². The quantitative estimate of drug-likeness (QED) is 0.605. The third-order valence-electron chi connectivity index (χ3n) is 2.80. The number of rotatable bonds is 3. The van der Waals surface area contributed by atoms with Crippen molar-refractivity contribution in [3.63, 3.8) is 0 Å². The molecule has 1 nitrogen and oxygen atoms in total. The van der Waals surface area contributed by atoms with Crippen molar-refractivity contribution in [3.05, 3.63) is 0 Å². The fourth-order valence-corrected chi connectivity index (χ4v) is 1.84. The van der Waals surface area contributed by atoms with E-state index in [1.807, 2.05) is 0 Å². The molecule has 0 radical (unpaired) electrons. The van der Waals surface area contributed by atoms with Gasteiger partial charge in [-0.1, -0.05) is 26.2 Å². The van der Waals surface area contributed by atoms with Crippen LogP contribution in [0.3, 0.4) is 0 Å². The molecule has 0 bridgehead atoms. The Morgan fingerprint density at radius 2 is 1.91 bits per heavy atom. The average molecular weight is 155 g/mol. The van der Waals surface area contributed by atoms with Gasteiger partial charge in [-0.25, -0.2) is 0 Å². The van der Waals surface area contributed by atoms with Crippen LogP contribution in [0.25, 0.3) is 0 Å². The minimum Gasteiger partial charge on any atom is -0.306 e. The molecule has 11 heavy (non-hydrogen) atoms. The molecule has 1 rings (SSSR count). The van der Waals surface area contributed by atoms with Gasteiger partial charge in [-0.2, -0.15) is 0 Å². The van der Waals surface area contributed by atoms with Crippen LogP contribution in [-0.4, -0.2) is 25.0 Å². The number of nitrogens with zero attached hydrogens (tertiary/aromatic N) is 1. The van der Waals surface area contributed by atoms with E-state index in [0.29, 0.717) is 0 Å². The molecule has 0 aromatic carbocycles. The molecule has 1 heteroatoms. The Balaban J connectivity index is 2.07. The van der Waals surface area contributed by atoms with Gasteiger partial charge in [0.25, 0.3) is 0 Å². The smallest absolute Gasteiger partial charge is 0.00191 e. The van der Waals surface area contributed by atoms with Gasteiger partial charge >= 0.3 is 0 Å². The zero-order chi connectivity index (χ0) is 8.10. The maximum absolute atomic E-state index is 2.45. The van der Waals surface area contributed by atoms with E-state index < -0.39 is 0 Å². The third-order valence-corrected chi connectivity index (χ3v) is 2.80. The van der Waals surface area contributed by atoms with E-state index in [2.05, 4.69) is 18.9 Å². The van der Waals surface area contributed by atoms with Crippen LogP contribution in [0, 0.1) is 5.92 Å². The predicted molar refractivity (Wildman–Crippen MR) is 49.7 cm³/mol. The lowest BCUT2D eigenvalue weighted by Crippen LogP contribution is -2.30. The van der Waals surface area contributed by atoms with Crippen molar-refractivity contribution < 1.29 is 0 Å². The molecule has 1 heterocycles. The molecule has 0 unspecified atom stereocenters. The first-order chi connectivity index (χ1) is 5.33. The van der Waals surface area contributed by atoms with E-state index in [0.717, 1.165) is 5.92 Å². The second-order valence-electron chi connectivity index (χ2n) is 3.89. The number of hydrogen-bond acceptors (Lipinski definition) is 1. The molecular formula is C10H21N. The summed E-state index contributed by atoms with van der Waals surface area (Å²) in [5, 5.41) is 0. The van der Waals surface area contributed by atoms with Crippen LogP contribution in [0.15, 0.2) is 0 Å². The van der Waals surface area contributed by atoms with Crippen molar-refractivity contribution in [2.75, 3.05) is 20.1 Å². The zero-order valence-corrected chi connectivity index (χ0v) is 7.97. The Hall–Kier alpha value is -0.0400. The Morgan fingerprint density at radius 1 is 1.27 bits per heavy atom.